The fraction of sp³-hybridized carbons (Fsp3) is 0.796. The van der Waals surface area contributed by atoms with Gasteiger partial charge in [0.15, 0.2) is 18.7 Å². The van der Waals surface area contributed by atoms with Crippen LogP contribution in [-0.2, 0) is 38.0 Å². The van der Waals surface area contributed by atoms with E-state index < -0.39 is 99.3 Å². The van der Waals surface area contributed by atoms with E-state index in [0.29, 0.717) is 12.8 Å². The van der Waals surface area contributed by atoms with E-state index in [9.17, 15) is 45.3 Å². The van der Waals surface area contributed by atoms with E-state index in [2.05, 4.69) is 62.5 Å². The molecule has 0 amide bonds. The Hall–Kier alpha value is -2.54. The molecule has 15 heteroatoms. The first-order valence-corrected chi connectivity index (χ1v) is 24.2. The Bertz CT molecular complexity index is 1300. The predicted octanol–water partition coefficient (Wildman–Crippen LogP) is 5.93. The topological polar surface area (TPSA) is 231 Å². The molecule has 0 bridgehead atoms. The Kier molecular flexibility index (Phi) is 32.9. The molecule has 0 saturated carbocycles. The third-order valence-electron chi connectivity index (χ3n) is 11.3. The minimum absolute atomic E-state index is 0.130. The van der Waals surface area contributed by atoms with Gasteiger partial charge < -0.3 is 64.2 Å². The van der Waals surface area contributed by atoms with Gasteiger partial charge >= 0.3 is 11.9 Å². The SMILES string of the molecule is CCCCC/C=C\C/C=C\CCCCCCCC(=O)OCC(COC1OC(COC2OC(CO)C(O)C(O)C2O)C(O)C(O)C1O)OC(=O)CCCCC/C=C\C/C=C\CCCCC. The number of carbonyl (C=O) groups is 2. The van der Waals surface area contributed by atoms with E-state index in [-0.39, 0.29) is 19.4 Å². The summed E-state index contributed by atoms with van der Waals surface area (Å²) in [7, 11) is 0. The maximum atomic E-state index is 12.9. The van der Waals surface area contributed by atoms with Crippen LogP contribution in [0, 0.1) is 0 Å². The Labute approximate surface area is 382 Å². The number of hydrogen-bond acceptors (Lipinski definition) is 15. The molecule has 2 heterocycles. The fourth-order valence-corrected chi connectivity index (χ4v) is 7.22. The Morgan fingerprint density at radius 1 is 0.500 bits per heavy atom. The Morgan fingerprint density at radius 2 is 0.938 bits per heavy atom. The monoisotopic (exact) mass is 913 g/mol. The van der Waals surface area contributed by atoms with Crippen molar-refractivity contribution in [3.63, 3.8) is 0 Å². The van der Waals surface area contributed by atoms with Crippen molar-refractivity contribution in [1.82, 2.24) is 0 Å². The van der Waals surface area contributed by atoms with Crippen LogP contribution >= 0.6 is 0 Å². The van der Waals surface area contributed by atoms with Gasteiger partial charge in [0.1, 0.15) is 55.4 Å². The van der Waals surface area contributed by atoms with Crippen LogP contribution in [0.4, 0.5) is 0 Å². The zero-order valence-corrected chi connectivity index (χ0v) is 38.8. The van der Waals surface area contributed by atoms with Gasteiger partial charge in [-0.2, -0.15) is 0 Å². The molecule has 2 aliphatic rings. The van der Waals surface area contributed by atoms with Crippen LogP contribution < -0.4 is 0 Å². The van der Waals surface area contributed by atoms with Gasteiger partial charge in [0.05, 0.1) is 19.8 Å². The molecule has 15 nitrogen and oxygen atoms in total. The number of rotatable bonds is 36. The first kappa shape index (κ1) is 57.6. The highest BCUT2D eigenvalue weighted by Crippen LogP contribution is 2.26. The van der Waals surface area contributed by atoms with Gasteiger partial charge in [-0.25, -0.2) is 0 Å². The minimum Gasteiger partial charge on any atom is -0.462 e. The van der Waals surface area contributed by atoms with Crippen molar-refractivity contribution in [2.75, 3.05) is 26.4 Å². The lowest BCUT2D eigenvalue weighted by Gasteiger charge is -2.42. The third-order valence-corrected chi connectivity index (χ3v) is 11.3. The molecular formula is C49H84O15. The van der Waals surface area contributed by atoms with E-state index >= 15 is 0 Å². The van der Waals surface area contributed by atoms with Crippen molar-refractivity contribution in [3.8, 4) is 0 Å². The largest absolute Gasteiger partial charge is 0.462 e. The molecule has 2 saturated heterocycles. The van der Waals surface area contributed by atoms with E-state index in [1.807, 2.05) is 0 Å². The van der Waals surface area contributed by atoms with E-state index in [4.69, 9.17) is 28.4 Å². The number of carbonyl (C=O) groups excluding carboxylic acids is 2. The highest BCUT2D eigenvalue weighted by molar-refractivity contribution is 5.70. The number of aliphatic hydroxyl groups excluding tert-OH is 7. The smallest absolute Gasteiger partial charge is 0.306 e. The van der Waals surface area contributed by atoms with Crippen LogP contribution in [0.3, 0.4) is 0 Å². The lowest BCUT2D eigenvalue weighted by Crippen LogP contribution is -2.61. The molecule has 64 heavy (non-hydrogen) atoms. The number of hydrogen-bond donors (Lipinski definition) is 7. The molecule has 2 aliphatic heterocycles. The van der Waals surface area contributed by atoms with Crippen molar-refractivity contribution >= 4 is 11.9 Å². The average molecular weight is 913 g/mol. The highest BCUT2D eigenvalue weighted by Gasteiger charge is 2.47. The molecule has 7 N–H and O–H groups in total. The van der Waals surface area contributed by atoms with Gasteiger partial charge in [0.25, 0.3) is 0 Å². The first-order valence-electron chi connectivity index (χ1n) is 24.2. The molecule has 0 aliphatic carbocycles. The third kappa shape index (κ3) is 24.8. The normalized spacial score (nSPS) is 27.0. The maximum absolute atomic E-state index is 12.9. The van der Waals surface area contributed by atoms with Gasteiger partial charge in [-0.15, -0.1) is 0 Å². The molecule has 0 aromatic heterocycles. The average Bonchev–Trinajstić information content (AvgIpc) is 3.29. The molecular weight excluding hydrogens is 829 g/mol. The summed E-state index contributed by atoms with van der Waals surface area (Å²) in [6, 6.07) is 0. The number of esters is 2. The second-order valence-corrected chi connectivity index (χ2v) is 16.9. The van der Waals surface area contributed by atoms with Gasteiger partial charge in [-0.1, -0.05) is 114 Å². The number of ether oxygens (including phenoxy) is 6. The predicted molar refractivity (Wildman–Crippen MR) is 243 cm³/mol. The molecule has 370 valence electrons. The zero-order valence-electron chi connectivity index (χ0n) is 38.8. The molecule has 0 radical (unpaired) electrons. The van der Waals surface area contributed by atoms with E-state index in [1.165, 1.54) is 38.5 Å². The summed E-state index contributed by atoms with van der Waals surface area (Å²) in [5.41, 5.74) is 0. The van der Waals surface area contributed by atoms with Crippen LogP contribution in [0.5, 0.6) is 0 Å². The van der Waals surface area contributed by atoms with Crippen LogP contribution in [0.2, 0.25) is 0 Å². The van der Waals surface area contributed by atoms with Crippen LogP contribution in [-0.4, -0.2) is 142 Å². The van der Waals surface area contributed by atoms with Gasteiger partial charge in [0.2, 0.25) is 0 Å². The summed E-state index contributed by atoms with van der Waals surface area (Å²) >= 11 is 0. The van der Waals surface area contributed by atoms with Gasteiger partial charge in [0, 0.05) is 12.8 Å². The number of unbranched alkanes of at least 4 members (excludes halogenated alkanes) is 14. The Morgan fingerprint density at radius 3 is 1.47 bits per heavy atom. The second-order valence-electron chi connectivity index (χ2n) is 16.9. The molecule has 11 atom stereocenters. The fourth-order valence-electron chi connectivity index (χ4n) is 7.22. The summed E-state index contributed by atoms with van der Waals surface area (Å²) in [4.78, 5) is 25.7. The summed E-state index contributed by atoms with van der Waals surface area (Å²) in [5.74, 6) is -0.974. The van der Waals surface area contributed by atoms with Gasteiger partial charge in [-0.05, 0) is 77.0 Å². The number of allylic oxidation sites excluding steroid dienone is 8. The van der Waals surface area contributed by atoms with Crippen molar-refractivity contribution in [3.05, 3.63) is 48.6 Å². The highest BCUT2D eigenvalue weighted by atomic mass is 16.7. The van der Waals surface area contributed by atoms with Crippen molar-refractivity contribution < 1.29 is 73.8 Å². The van der Waals surface area contributed by atoms with Crippen molar-refractivity contribution in [1.29, 1.82) is 0 Å². The second kappa shape index (κ2) is 36.6. The zero-order chi connectivity index (χ0) is 46.8. The number of aliphatic hydroxyl groups is 7. The van der Waals surface area contributed by atoms with Crippen molar-refractivity contribution in [2.45, 2.75) is 223 Å². The van der Waals surface area contributed by atoms with E-state index in [0.717, 1.165) is 77.0 Å². The standard InChI is InChI=1S/C49H84O15/c1-3-5-7-9-11-13-15-17-18-20-21-23-25-27-29-31-40(51)59-34-37(62-41(52)32-30-28-26-24-22-19-16-14-12-10-8-6-4-2)35-60-48-47(58)45(56)43(54)39(64-48)36-61-49-46(57)44(55)42(53)38(33-50)63-49/h11-14,17-19,22,37-39,42-50,53-58H,3-10,15-16,20-21,23-36H2,1-2H3/b13-11-,14-12-,18-17-,22-19-. The van der Waals surface area contributed by atoms with Gasteiger partial charge in [-0.3, -0.25) is 9.59 Å². The molecule has 11 unspecified atom stereocenters. The van der Waals surface area contributed by atoms with Crippen LogP contribution in [0.15, 0.2) is 48.6 Å². The summed E-state index contributed by atoms with van der Waals surface area (Å²) in [6.45, 7) is 2.47. The van der Waals surface area contributed by atoms with Crippen LogP contribution in [0.1, 0.15) is 155 Å². The van der Waals surface area contributed by atoms with Crippen molar-refractivity contribution in [2.24, 2.45) is 0 Å². The molecule has 0 spiro atoms. The summed E-state index contributed by atoms with van der Waals surface area (Å²) in [6.07, 6.45) is 21.5. The molecule has 0 aromatic carbocycles. The molecule has 0 aromatic rings. The first-order chi connectivity index (χ1) is 31.0. The minimum atomic E-state index is -1.77. The van der Waals surface area contributed by atoms with E-state index in [1.54, 1.807) is 0 Å². The molecule has 2 rings (SSSR count). The molecule has 2 fully saturated rings. The van der Waals surface area contributed by atoms with Crippen LogP contribution in [0.25, 0.3) is 0 Å². The maximum Gasteiger partial charge on any atom is 0.306 e. The lowest BCUT2D eigenvalue weighted by atomic mass is 9.98. The summed E-state index contributed by atoms with van der Waals surface area (Å²) < 4.78 is 33.5. The lowest BCUT2D eigenvalue weighted by molar-refractivity contribution is -0.332. The summed E-state index contributed by atoms with van der Waals surface area (Å²) in [5, 5.41) is 71.9. The quantitative estimate of drug-likeness (QED) is 0.0220. The Balaban J connectivity index is 1.85.